The van der Waals surface area contributed by atoms with E-state index in [0.717, 1.165) is 29.2 Å². The van der Waals surface area contributed by atoms with Crippen LogP contribution in [0.15, 0.2) is 18.2 Å². The van der Waals surface area contributed by atoms with Crippen LogP contribution in [0, 0.1) is 13.8 Å². The van der Waals surface area contributed by atoms with Gasteiger partial charge in [0.25, 0.3) is 0 Å². The molecule has 1 N–H and O–H groups in total. The number of aromatic nitrogens is 2. The standard InChI is InChI=1S/C14H15Cl2N3/c1-4-17-14-8(2)13(18-9(3)19-14)11-7-10(15)5-6-12(11)16/h5-7H,4H2,1-3H3,(H,17,18,19). The molecule has 0 aliphatic rings. The minimum absolute atomic E-state index is 0.632. The fraction of sp³-hybridized carbons (Fsp3) is 0.286. The van der Waals surface area contributed by atoms with Gasteiger partial charge in [0.1, 0.15) is 11.6 Å². The predicted molar refractivity (Wildman–Crippen MR) is 81.1 cm³/mol. The number of benzene rings is 1. The van der Waals surface area contributed by atoms with E-state index >= 15 is 0 Å². The lowest BCUT2D eigenvalue weighted by molar-refractivity contribution is 1.02. The van der Waals surface area contributed by atoms with E-state index in [1.54, 1.807) is 12.1 Å². The number of hydrogen-bond donors (Lipinski definition) is 1. The monoisotopic (exact) mass is 295 g/mol. The van der Waals surface area contributed by atoms with Crippen LogP contribution in [0.4, 0.5) is 5.82 Å². The molecule has 0 atom stereocenters. The summed E-state index contributed by atoms with van der Waals surface area (Å²) in [6.45, 7) is 6.68. The second-order valence-corrected chi connectivity index (χ2v) is 5.09. The van der Waals surface area contributed by atoms with Crippen molar-refractivity contribution in [2.45, 2.75) is 20.8 Å². The molecule has 100 valence electrons. The van der Waals surface area contributed by atoms with Crippen molar-refractivity contribution in [1.29, 1.82) is 0 Å². The molecule has 2 rings (SSSR count). The molecule has 0 bridgehead atoms. The smallest absolute Gasteiger partial charge is 0.133 e. The Labute approximate surface area is 123 Å². The van der Waals surface area contributed by atoms with Crippen LogP contribution in [0.5, 0.6) is 0 Å². The maximum absolute atomic E-state index is 6.25. The molecule has 0 unspecified atom stereocenters. The van der Waals surface area contributed by atoms with E-state index in [2.05, 4.69) is 15.3 Å². The molecule has 0 saturated heterocycles. The van der Waals surface area contributed by atoms with Crippen LogP contribution in [0.2, 0.25) is 10.0 Å². The van der Waals surface area contributed by atoms with E-state index in [1.165, 1.54) is 0 Å². The van der Waals surface area contributed by atoms with Crippen LogP contribution in [-0.2, 0) is 0 Å². The molecule has 0 spiro atoms. The van der Waals surface area contributed by atoms with E-state index < -0.39 is 0 Å². The van der Waals surface area contributed by atoms with Gasteiger partial charge in [-0.1, -0.05) is 23.2 Å². The van der Waals surface area contributed by atoms with Crippen LogP contribution >= 0.6 is 23.2 Å². The molecular weight excluding hydrogens is 281 g/mol. The van der Waals surface area contributed by atoms with Crippen molar-refractivity contribution in [3.05, 3.63) is 39.6 Å². The highest BCUT2D eigenvalue weighted by atomic mass is 35.5. The first-order valence-electron chi connectivity index (χ1n) is 6.07. The second kappa shape index (κ2) is 5.76. The summed E-state index contributed by atoms with van der Waals surface area (Å²) in [5, 5.41) is 4.51. The molecule has 0 aliphatic heterocycles. The van der Waals surface area contributed by atoms with E-state index in [9.17, 15) is 0 Å². The molecule has 0 amide bonds. The molecular formula is C14H15Cl2N3. The van der Waals surface area contributed by atoms with E-state index in [0.29, 0.717) is 15.9 Å². The summed E-state index contributed by atoms with van der Waals surface area (Å²) in [7, 11) is 0. The summed E-state index contributed by atoms with van der Waals surface area (Å²) in [6, 6.07) is 5.37. The molecule has 0 radical (unpaired) electrons. The van der Waals surface area contributed by atoms with Crippen molar-refractivity contribution in [3.8, 4) is 11.3 Å². The molecule has 2 aromatic rings. The molecule has 0 saturated carbocycles. The van der Waals surface area contributed by atoms with Gasteiger partial charge in [0, 0.05) is 22.7 Å². The first kappa shape index (κ1) is 14.1. The molecule has 1 aromatic carbocycles. The van der Waals surface area contributed by atoms with Crippen molar-refractivity contribution in [3.63, 3.8) is 0 Å². The highest BCUT2D eigenvalue weighted by Crippen LogP contribution is 2.33. The Balaban J connectivity index is 2.64. The highest BCUT2D eigenvalue weighted by Gasteiger charge is 2.13. The van der Waals surface area contributed by atoms with Gasteiger partial charge in [-0.2, -0.15) is 0 Å². The fourth-order valence-corrected chi connectivity index (χ4v) is 2.29. The van der Waals surface area contributed by atoms with Crippen molar-refractivity contribution < 1.29 is 0 Å². The van der Waals surface area contributed by atoms with E-state index in [1.807, 2.05) is 26.8 Å². The van der Waals surface area contributed by atoms with Gasteiger partial charge in [-0.25, -0.2) is 9.97 Å². The Morgan fingerprint density at radius 2 is 1.89 bits per heavy atom. The summed E-state index contributed by atoms with van der Waals surface area (Å²) in [5.74, 6) is 1.54. The van der Waals surface area contributed by atoms with Crippen molar-refractivity contribution >= 4 is 29.0 Å². The number of rotatable bonds is 3. The summed E-state index contributed by atoms with van der Waals surface area (Å²) >= 11 is 12.3. The molecule has 19 heavy (non-hydrogen) atoms. The zero-order valence-corrected chi connectivity index (χ0v) is 12.6. The average molecular weight is 296 g/mol. The predicted octanol–water partition coefficient (Wildman–Crippen LogP) is 4.50. The van der Waals surface area contributed by atoms with Crippen LogP contribution in [0.3, 0.4) is 0 Å². The quantitative estimate of drug-likeness (QED) is 0.906. The Bertz CT molecular complexity index is 612. The lowest BCUT2D eigenvalue weighted by Crippen LogP contribution is -2.06. The summed E-state index contributed by atoms with van der Waals surface area (Å²) in [4.78, 5) is 8.90. The average Bonchev–Trinajstić information content (AvgIpc) is 2.37. The zero-order chi connectivity index (χ0) is 14.0. The zero-order valence-electron chi connectivity index (χ0n) is 11.1. The Morgan fingerprint density at radius 1 is 1.16 bits per heavy atom. The SMILES string of the molecule is CCNc1nc(C)nc(-c2cc(Cl)ccc2Cl)c1C. The first-order chi connectivity index (χ1) is 9.02. The second-order valence-electron chi connectivity index (χ2n) is 4.25. The largest absolute Gasteiger partial charge is 0.370 e. The van der Waals surface area contributed by atoms with Gasteiger partial charge >= 0.3 is 0 Å². The van der Waals surface area contributed by atoms with Crippen LogP contribution in [-0.4, -0.2) is 16.5 Å². The number of halogens is 2. The van der Waals surface area contributed by atoms with Gasteiger partial charge in [-0.15, -0.1) is 0 Å². The fourth-order valence-electron chi connectivity index (χ4n) is 1.91. The third kappa shape index (κ3) is 2.99. The lowest BCUT2D eigenvalue weighted by Gasteiger charge is -2.13. The maximum atomic E-state index is 6.25. The van der Waals surface area contributed by atoms with Gasteiger partial charge in [0.2, 0.25) is 0 Å². The Kier molecular flexibility index (Phi) is 4.27. The number of nitrogens with one attached hydrogen (secondary N) is 1. The van der Waals surface area contributed by atoms with Gasteiger partial charge < -0.3 is 5.32 Å². The van der Waals surface area contributed by atoms with Gasteiger partial charge in [-0.3, -0.25) is 0 Å². The van der Waals surface area contributed by atoms with E-state index in [4.69, 9.17) is 23.2 Å². The van der Waals surface area contributed by atoms with Gasteiger partial charge in [-0.05, 0) is 39.0 Å². The molecule has 0 fully saturated rings. The third-order valence-corrected chi connectivity index (χ3v) is 3.35. The lowest BCUT2D eigenvalue weighted by atomic mass is 10.1. The molecule has 1 aromatic heterocycles. The summed E-state index contributed by atoms with van der Waals surface area (Å²) in [5.41, 5.74) is 2.61. The number of aryl methyl sites for hydroxylation is 1. The first-order valence-corrected chi connectivity index (χ1v) is 6.83. The highest BCUT2D eigenvalue weighted by molar-refractivity contribution is 6.35. The Hall–Kier alpha value is -1.32. The Morgan fingerprint density at radius 3 is 2.58 bits per heavy atom. The maximum Gasteiger partial charge on any atom is 0.133 e. The summed E-state index contributed by atoms with van der Waals surface area (Å²) < 4.78 is 0. The summed E-state index contributed by atoms with van der Waals surface area (Å²) in [6.07, 6.45) is 0. The van der Waals surface area contributed by atoms with Crippen molar-refractivity contribution in [1.82, 2.24) is 9.97 Å². The molecule has 3 nitrogen and oxygen atoms in total. The normalized spacial score (nSPS) is 10.6. The van der Waals surface area contributed by atoms with Gasteiger partial charge in [0.05, 0.1) is 10.7 Å². The van der Waals surface area contributed by atoms with Crippen LogP contribution in [0.25, 0.3) is 11.3 Å². The van der Waals surface area contributed by atoms with Crippen molar-refractivity contribution in [2.75, 3.05) is 11.9 Å². The number of anilines is 1. The molecule has 5 heteroatoms. The molecule has 1 heterocycles. The van der Waals surface area contributed by atoms with Crippen LogP contribution < -0.4 is 5.32 Å². The topological polar surface area (TPSA) is 37.8 Å². The number of nitrogens with zero attached hydrogens (tertiary/aromatic N) is 2. The van der Waals surface area contributed by atoms with Gasteiger partial charge in [0.15, 0.2) is 0 Å². The minimum atomic E-state index is 0.632. The van der Waals surface area contributed by atoms with Crippen LogP contribution in [0.1, 0.15) is 18.3 Å². The third-order valence-electron chi connectivity index (χ3n) is 2.79. The number of hydrogen-bond acceptors (Lipinski definition) is 3. The molecule has 0 aliphatic carbocycles. The minimum Gasteiger partial charge on any atom is -0.370 e. The van der Waals surface area contributed by atoms with Crippen molar-refractivity contribution in [2.24, 2.45) is 0 Å². The van der Waals surface area contributed by atoms with E-state index in [-0.39, 0.29) is 0 Å².